The lowest BCUT2D eigenvalue weighted by Gasteiger charge is -2.28. The van der Waals surface area contributed by atoms with E-state index >= 15 is 0 Å². The molecule has 0 aliphatic rings. The largest absolute Gasteiger partial charge is 0.299 e. The highest BCUT2D eigenvalue weighted by Gasteiger charge is 2.30. The van der Waals surface area contributed by atoms with E-state index in [9.17, 15) is 4.79 Å². The predicted molar refractivity (Wildman–Crippen MR) is 60.9 cm³/mol. The number of ketones is 1. The first-order chi connectivity index (χ1) is 5.57. The molecule has 0 aromatic heterocycles. The summed E-state index contributed by atoms with van der Waals surface area (Å²) in [5.41, 5.74) is -0.405. The number of allylic oxidation sites excluding steroid dienone is 1. The monoisotopic (exact) mass is 200 g/mol. The Labute approximate surface area is 86.0 Å². The standard InChI is InChI=1S/C11H20OS/c1-8(12)11(6,7)9(2)13-10(3,4)5/h2H2,1,3-7H3. The molecule has 0 saturated heterocycles. The highest BCUT2D eigenvalue weighted by atomic mass is 32.2. The lowest BCUT2D eigenvalue weighted by Crippen LogP contribution is -2.24. The zero-order chi connectivity index (χ0) is 10.9. The van der Waals surface area contributed by atoms with Crippen molar-refractivity contribution in [3.8, 4) is 0 Å². The molecule has 0 bridgehead atoms. The molecule has 0 rings (SSSR count). The molecule has 0 atom stereocenters. The number of carbonyl (C=O) groups excluding carboxylic acids is 1. The van der Waals surface area contributed by atoms with Gasteiger partial charge in [0.2, 0.25) is 0 Å². The molecule has 0 aromatic rings. The highest BCUT2D eigenvalue weighted by molar-refractivity contribution is 8.04. The van der Waals surface area contributed by atoms with E-state index in [0.29, 0.717) is 0 Å². The van der Waals surface area contributed by atoms with Gasteiger partial charge in [-0.2, -0.15) is 0 Å². The van der Waals surface area contributed by atoms with Crippen molar-refractivity contribution >= 4 is 17.5 Å². The van der Waals surface area contributed by atoms with Crippen LogP contribution in [0.4, 0.5) is 0 Å². The third-order valence-electron chi connectivity index (χ3n) is 2.01. The number of hydrogen-bond donors (Lipinski definition) is 0. The van der Waals surface area contributed by atoms with Gasteiger partial charge in [-0.05, 0) is 25.7 Å². The van der Waals surface area contributed by atoms with Crippen LogP contribution in [0.5, 0.6) is 0 Å². The molecule has 13 heavy (non-hydrogen) atoms. The van der Waals surface area contributed by atoms with Crippen LogP contribution in [0.1, 0.15) is 41.5 Å². The molecule has 76 valence electrons. The molecule has 0 N–H and O–H groups in total. The fraction of sp³-hybridized carbons (Fsp3) is 0.727. The molecule has 0 aliphatic carbocycles. The Balaban J connectivity index is 4.53. The minimum Gasteiger partial charge on any atom is -0.299 e. The van der Waals surface area contributed by atoms with Crippen molar-refractivity contribution in [2.45, 2.75) is 46.3 Å². The average Bonchev–Trinajstić information content (AvgIpc) is 1.82. The number of rotatable bonds is 3. The van der Waals surface area contributed by atoms with Gasteiger partial charge in [-0.25, -0.2) is 0 Å². The van der Waals surface area contributed by atoms with Gasteiger partial charge in [0, 0.05) is 4.75 Å². The van der Waals surface area contributed by atoms with E-state index in [1.54, 1.807) is 18.7 Å². The van der Waals surface area contributed by atoms with Crippen molar-refractivity contribution in [3.05, 3.63) is 11.5 Å². The Morgan fingerprint density at radius 1 is 1.15 bits per heavy atom. The van der Waals surface area contributed by atoms with Crippen LogP contribution < -0.4 is 0 Å². The molecule has 0 fully saturated rings. The van der Waals surface area contributed by atoms with Crippen LogP contribution in [0.25, 0.3) is 0 Å². The summed E-state index contributed by atoms with van der Waals surface area (Å²) in [6, 6.07) is 0. The third kappa shape index (κ3) is 3.99. The Morgan fingerprint density at radius 2 is 1.54 bits per heavy atom. The lowest BCUT2D eigenvalue weighted by molar-refractivity contribution is -0.122. The van der Waals surface area contributed by atoms with Crippen molar-refractivity contribution in [2.75, 3.05) is 0 Å². The lowest BCUT2D eigenvalue weighted by atomic mass is 9.89. The van der Waals surface area contributed by atoms with Gasteiger partial charge in [-0.3, -0.25) is 4.79 Å². The van der Waals surface area contributed by atoms with Gasteiger partial charge >= 0.3 is 0 Å². The van der Waals surface area contributed by atoms with Crippen molar-refractivity contribution in [3.63, 3.8) is 0 Å². The summed E-state index contributed by atoms with van der Waals surface area (Å²) in [7, 11) is 0. The molecule has 0 aliphatic heterocycles. The van der Waals surface area contributed by atoms with E-state index in [1.165, 1.54) is 0 Å². The second kappa shape index (κ2) is 3.87. The minimum absolute atomic E-state index is 0.129. The second-order valence-corrected chi connectivity index (χ2v) is 6.74. The fourth-order valence-electron chi connectivity index (χ4n) is 0.694. The fourth-order valence-corrected chi connectivity index (χ4v) is 1.83. The van der Waals surface area contributed by atoms with Crippen LogP contribution in [0, 0.1) is 5.41 Å². The van der Waals surface area contributed by atoms with Crippen molar-refractivity contribution in [1.29, 1.82) is 0 Å². The van der Waals surface area contributed by atoms with Crippen molar-refractivity contribution in [1.82, 2.24) is 0 Å². The first-order valence-corrected chi connectivity index (χ1v) is 5.28. The molecular weight excluding hydrogens is 180 g/mol. The van der Waals surface area contributed by atoms with Crippen LogP contribution in [0.3, 0.4) is 0 Å². The number of carbonyl (C=O) groups is 1. The van der Waals surface area contributed by atoms with Crippen LogP contribution in [0.2, 0.25) is 0 Å². The number of hydrogen-bond acceptors (Lipinski definition) is 2. The van der Waals surface area contributed by atoms with Crippen LogP contribution in [-0.4, -0.2) is 10.5 Å². The molecule has 0 saturated carbocycles. The van der Waals surface area contributed by atoms with Crippen molar-refractivity contribution < 1.29 is 4.79 Å². The summed E-state index contributed by atoms with van der Waals surface area (Å²) in [5, 5.41) is 0. The van der Waals surface area contributed by atoms with E-state index in [0.717, 1.165) is 4.91 Å². The minimum atomic E-state index is -0.405. The Morgan fingerprint density at radius 3 is 1.77 bits per heavy atom. The predicted octanol–water partition coefficient (Wildman–Crippen LogP) is 3.65. The zero-order valence-corrected chi connectivity index (χ0v) is 10.3. The van der Waals surface area contributed by atoms with E-state index < -0.39 is 5.41 Å². The summed E-state index contributed by atoms with van der Waals surface area (Å²) < 4.78 is 0.129. The summed E-state index contributed by atoms with van der Waals surface area (Å²) in [6.45, 7) is 15.8. The SMILES string of the molecule is C=C(SC(C)(C)C)C(C)(C)C(C)=O. The average molecular weight is 200 g/mol. The molecule has 0 unspecified atom stereocenters. The smallest absolute Gasteiger partial charge is 0.140 e. The quantitative estimate of drug-likeness (QED) is 0.691. The summed E-state index contributed by atoms with van der Waals surface area (Å²) in [5.74, 6) is 0.175. The number of Topliss-reactive ketones (excluding diaryl/α,β-unsaturated/α-hetero) is 1. The summed E-state index contributed by atoms with van der Waals surface area (Å²) in [6.07, 6.45) is 0. The zero-order valence-electron chi connectivity index (χ0n) is 9.52. The van der Waals surface area contributed by atoms with Gasteiger partial charge < -0.3 is 0 Å². The Kier molecular flexibility index (Phi) is 3.80. The topological polar surface area (TPSA) is 17.1 Å². The van der Waals surface area contributed by atoms with Gasteiger partial charge in [0.25, 0.3) is 0 Å². The first-order valence-electron chi connectivity index (χ1n) is 4.47. The van der Waals surface area contributed by atoms with E-state index in [-0.39, 0.29) is 10.5 Å². The molecule has 0 amide bonds. The molecule has 0 spiro atoms. The van der Waals surface area contributed by atoms with Gasteiger partial charge in [-0.15, -0.1) is 11.8 Å². The van der Waals surface area contributed by atoms with Crippen LogP contribution >= 0.6 is 11.8 Å². The van der Waals surface area contributed by atoms with Crippen LogP contribution in [-0.2, 0) is 4.79 Å². The molecule has 0 aromatic carbocycles. The summed E-state index contributed by atoms with van der Waals surface area (Å²) in [4.78, 5) is 12.3. The number of thioether (sulfide) groups is 1. The van der Waals surface area contributed by atoms with Gasteiger partial charge in [0.15, 0.2) is 0 Å². The maximum Gasteiger partial charge on any atom is 0.140 e. The van der Waals surface area contributed by atoms with E-state index in [4.69, 9.17) is 0 Å². The van der Waals surface area contributed by atoms with Gasteiger partial charge in [-0.1, -0.05) is 27.4 Å². The maximum atomic E-state index is 11.3. The second-order valence-electron chi connectivity index (χ2n) is 4.82. The summed E-state index contributed by atoms with van der Waals surface area (Å²) >= 11 is 1.68. The van der Waals surface area contributed by atoms with E-state index in [2.05, 4.69) is 27.4 Å². The third-order valence-corrected chi connectivity index (χ3v) is 3.38. The molecule has 2 heteroatoms. The van der Waals surface area contributed by atoms with Gasteiger partial charge in [0.1, 0.15) is 5.78 Å². The highest BCUT2D eigenvalue weighted by Crippen LogP contribution is 2.40. The molecule has 0 heterocycles. The van der Waals surface area contributed by atoms with Gasteiger partial charge in [0.05, 0.1) is 5.41 Å². The maximum absolute atomic E-state index is 11.3. The Hall–Kier alpha value is -0.240. The van der Waals surface area contributed by atoms with Crippen molar-refractivity contribution in [2.24, 2.45) is 5.41 Å². The molecular formula is C11H20OS. The first kappa shape index (κ1) is 12.8. The normalized spacial score (nSPS) is 12.8. The molecule has 1 nitrogen and oxygen atoms in total. The molecule has 0 radical (unpaired) electrons. The van der Waals surface area contributed by atoms with Crippen LogP contribution in [0.15, 0.2) is 11.5 Å². The Bertz CT molecular complexity index is 221. The van der Waals surface area contributed by atoms with E-state index in [1.807, 2.05) is 13.8 Å².